The van der Waals surface area contributed by atoms with Gasteiger partial charge in [-0.1, -0.05) is 53.7 Å². The molecule has 2 aromatic carbocycles. The number of carbonyl (C=O) groups excluding carboxylic acids is 1. The van der Waals surface area contributed by atoms with E-state index in [0.29, 0.717) is 10.6 Å². The SMILES string of the molecule is O=Cc1ccccc1Sc1ccccc1Cl. The third-order valence-electron chi connectivity index (χ3n) is 2.10. The summed E-state index contributed by atoms with van der Waals surface area (Å²) >= 11 is 7.56. The fraction of sp³-hybridized carbons (Fsp3) is 0. The lowest BCUT2D eigenvalue weighted by atomic mass is 10.2. The van der Waals surface area contributed by atoms with Gasteiger partial charge in [-0.25, -0.2) is 0 Å². The zero-order chi connectivity index (χ0) is 11.4. The Morgan fingerprint density at radius 3 is 2.25 bits per heavy atom. The highest BCUT2D eigenvalue weighted by Gasteiger charge is 2.05. The van der Waals surface area contributed by atoms with Crippen LogP contribution in [0.2, 0.25) is 5.02 Å². The van der Waals surface area contributed by atoms with Crippen molar-refractivity contribution in [3.05, 3.63) is 59.1 Å². The van der Waals surface area contributed by atoms with Crippen molar-refractivity contribution in [1.29, 1.82) is 0 Å². The molecule has 0 N–H and O–H groups in total. The maximum atomic E-state index is 10.9. The minimum absolute atomic E-state index is 0.687. The Hall–Kier alpha value is -1.25. The number of aldehydes is 1. The summed E-state index contributed by atoms with van der Waals surface area (Å²) in [6.07, 6.45) is 0.860. The lowest BCUT2D eigenvalue weighted by molar-refractivity contribution is 0.112. The summed E-state index contributed by atoms with van der Waals surface area (Å²) in [4.78, 5) is 12.7. The Kier molecular flexibility index (Phi) is 3.65. The van der Waals surface area contributed by atoms with Crippen molar-refractivity contribution in [1.82, 2.24) is 0 Å². The molecule has 0 spiro atoms. The number of carbonyl (C=O) groups is 1. The molecule has 0 atom stereocenters. The first-order chi connectivity index (χ1) is 7.81. The molecule has 0 saturated carbocycles. The van der Waals surface area contributed by atoms with Gasteiger partial charge in [-0.2, -0.15) is 0 Å². The zero-order valence-corrected chi connectivity index (χ0v) is 9.96. The highest BCUT2D eigenvalue weighted by molar-refractivity contribution is 7.99. The number of rotatable bonds is 3. The van der Waals surface area contributed by atoms with Crippen molar-refractivity contribution in [2.75, 3.05) is 0 Å². The van der Waals surface area contributed by atoms with Gasteiger partial charge in [0.2, 0.25) is 0 Å². The fourth-order valence-corrected chi connectivity index (χ4v) is 2.50. The molecule has 2 aromatic rings. The Morgan fingerprint density at radius 2 is 1.56 bits per heavy atom. The Morgan fingerprint density at radius 1 is 0.938 bits per heavy atom. The highest BCUT2D eigenvalue weighted by Crippen LogP contribution is 2.34. The second-order valence-electron chi connectivity index (χ2n) is 3.19. The zero-order valence-electron chi connectivity index (χ0n) is 8.39. The molecule has 0 heterocycles. The molecule has 80 valence electrons. The van der Waals surface area contributed by atoms with Crippen LogP contribution in [0.1, 0.15) is 10.4 Å². The number of hydrogen-bond acceptors (Lipinski definition) is 2. The van der Waals surface area contributed by atoms with Gasteiger partial charge in [0.15, 0.2) is 6.29 Å². The average Bonchev–Trinajstić information content (AvgIpc) is 2.33. The van der Waals surface area contributed by atoms with Gasteiger partial charge in [0, 0.05) is 15.4 Å². The van der Waals surface area contributed by atoms with E-state index in [4.69, 9.17) is 11.6 Å². The van der Waals surface area contributed by atoms with Crippen LogP contribution in [0.5, 0.6) is 0 Å². The van der Waals surface area contributed by atoms with Gasteiger partial charge in [0.05, 0.1) is 5.02 Å². The fourth-order valence-electron chi connectivity index (χ4n) is 1.32. The molecule has 0 amide bonds. The molecular weight excluding hydrogens is 240 g/mol. The van der Waals surface area contributed by atoms with E-state index in [2.05, 4.69) is 0 Å². The van der Waals surface area contributed by atoms with E-state index < -0.39 is 0 Å². The summed E-state index contributed by atoms with van der Waals surface area (Å²) in [6.45, 7) is 0. The van der Waals surface area contributed by atoms with Crippen LogP contribution in [0.4, 0.5) is 0 Å². The molecule has 0 radical (unpaired) electrons. The lowest BCUT2D eigenvalue weighted by Gasteiger charge is -2.05. The van der Waals surface area contributed by atoms with Crippen molar-refractivity contribution in [2.24, 2.45) is 0 Å². The molecule has 1 nitrogen and oxygen atoms in total. The van der Waals surface area contributed by atoms with Crippen molar-refractivity contribution >= 4 is 29.6 Å². The Labute approximate surface area is 103 Å². The summed E-state index contributed by atoms with van der Waals surface area (Å²) in [5.41, 5.74) is 0.687. The van der Waals surface area contributed by atoms with Crippen LogP contribution in [0.15, 0.2) is 58.3 Å². The van der Waals surface area contributed by atoms with Crippen LogP contribution in [-0.4, -0.2) is 6.29 Å². The molecule has 0 fully saturated rings. The first kappa shape index (κ1) is 11.2. The quantitative estimate of drug-likeness (QED) is 0.754. The van der Waals surface area contributed by atoms with E-state index in [9.17, 15) is 4.79 Å². The smallest absolute Gasteiger partial charge is 0.151 e. The molecule has 0 aliphatic rings. The normalized spacial score (nSPS) is 10.1. The summed E-state index contributed by atoms with van der Waals surface area (Å²) in [7, 11) is 0. The van der Waals surface area contributed by atoms with Gasteiger partial charge >= 0.3 is 0 Å². The van der Waals surface area contributed by atoms with Gasteiger partial charge < -0.3 is 0 Å². The van der Waals surface area contributed by atoms with Crippen molar-refractivity contribution in [2.45, 2.75) is 9.79 Å². The first-order valence-corrected chi connectivity index (χ1v) is 5.97. The van der Waals surface area contributed by atoms with E-state index >= 15 is 0 Å². The van der Waals surface area contributed by atoms with Gasteiger partial charge in [0.25, 0.3) is 0 Å². The van der Waals surface area contributed by atoms with E-state index in [1.54, 1.807) is 6.07 Å². The highest BCUT2D eigenvalue weighted by atomic mass is 35.5. The largest absolute Gasteiger partial charge is 0.298 e. The molecule has 3 heteroatoms. The molecule has 0 aromatic heterocycles. The Balaban J connectivity index is 2.34. The molecule has 0 aliphatic carbocycles. The molecular formula is C13H9ClOS. The Bertz CT molecular complexity index is 511. The van der Waals surface area contributed by atoms with E-state index in [-0.39, 0.29) is 0 Å². The van der Waals surface area contributed by atoms with Crippen LogP contribution >= 0.6 is 23.4 Å². The average molecular weight is 249 g/mol. The predicted molar refractivity (Wildman–Crippen MR) is 67.4 cm³/mol. The van der Waals surface area contributed by atoms with Crippen LogP contribution in [0, 0.1) is 0 Å². The molecule has 0 aliphatic heterocycles. The second-order valence-corrected chi connectivity index (χ2v) is 4.68. The maximum absolute atomic E-state index is 10.9. The van der Waals surface area contributed by atoms with E-state index in [0.717, 1.165) is 16.1 Å². The number of hydrogen-bond donors (Lipinski definition) is 0. The number of halogens is 1. The summed E-state index contributed by atoms with van der Waals surface area (Å²) in [5, 5.41) is 0.702. The standard InChI is InChI=1S/C13H9ClOS/c14-11-6-2-4-8-13(11)16-12-7-3-1-5-10(12)9-15/h1-9H. The van der Waals surface area contributed by atoms with Crippen molar-refractivity contribution in [3.8, 4) is 0 Å². The minimum Gasteiger partial charge on any atom is -0.298 e. The summed E-state index contributed by atoms with van der Waals surface area (Å²) < 4.78 is 0. The second kappa shape index (κ2) is 5.19. The topological polar surface area (TPSA) is 17.1 Å². The van der Waals surface area contributed by atoms with E-state index in [1.807, 2.05) is 42.5 Å². The van der Waals surface area contributed by atoms with Crippen LogP contribution in [0.25, 0.3) is 0 Å². The molecule has 0 unspecified atom stereocenters. The van der Waals surface area contributed by atoms with Gasteiger partial charge in [-0.15, -0.1) is 0 Å². The van der Waals surface area contributed by atoms with Crippen molar-refractivity contribution < 1.29 is 4.79 Å². The van der Waals surface area contributed by atoms with Crippen molar-refractivity contribution in [3.63, 3.8) is 0 Å². The molecule has 16 heavy (non-hydrogen) atoms. The summed E-state index contributed by atoms with van der Waals surface area (Å²) in [6, 6.07) is 15.1. The molecule has 0 bridgehead atoms. The van der Waals surface area contributed by atoms with Gasteiger partial charge in [-0.05, 0) is 18.2 Å². The number of benzene rings is 2. The molecule has 2 rings (SSSR count). The third-order valence-corrected chi connectivity index (χ3v) is 3.71. The van der Waals surface area contributed by atoms with Gasteiger partial charge in [0.1, 0.15) is 0 Å². The first-order valence-electron chi connectivity index (χ1n) is 4.78. The van der Waals surface area contributed by atoms with E-state index in [1.165, 1.54) is 11.8 Å². The summed E-state index contributed by atoms with van der Waals surface area (Å²) in [5.74, 6) is 0. The predicted octanol–water partition coefficient (Wildman–Crippen LogP) is 4.30. The van der Waals surface area contributed by atoms with Crippen LogP contribution < -0.4 is 0 Å². The molecule has 0 saturated heterocycles. The van der Waals surface area contributed by atoms with Gasteiger partial charge in [-0.3, -0.25) is 4.79 Å². The van der Waals surface area contributed by atoms with Crippen LogP contribution in [-0.2, 0) is 0 Å². The lowest BCUT2D eigenvalue weighted by Crippen LogP contribution is -1.84. The minimum atomic E-state index is 0.687. The maximum Gasteiger partial charge on any atom is 0.151 e. The monoisotopic (exact) mass is 248 g/mol. The van der Waals surface area contributed by atoms with Crippen LogP contribution in [0.3, 0.4) is 0 Å². The third kappa shape index (κ3) is 2.46.